The van der Waals surface area contributed by atoms with E-state index < -0.39 is 0 Å². The molecular formula is C24H21N3O3. The van der Waals surface area contributed by atoms with Crippen molar-refractivity contribution in [3.05, 3.63) is 113 Å². The van der Waals surface area contributed by atoms with Crippen LogP contribution in [0.4, 0.5) is 0 Å². The highest BCUT2D eigenvalue weighted by Gasteiger charge is 2.16. The molecule has 0 atom stereocenters. The molecule has 0 aliphatic rings. The number of hydrogen-bond acceptors (Lipinski definition) is 4. The lowest BCUT2D eigenvalue weighted by atomic mass is 10.1. The van der Waals surface area contributed by atoms with Crippen molar-refractivity contribution in [1.82, 2.24) is 14.5 Å². The van der Waals surface area contributed by atoms with Crippen molar-refractivity contribution in [2.24, 2.45) is 0 Å². The molecular weight excluding hydrogens is 378 g/mol. The number of nitrogens with zero attached hydrogens (tertiary/aromatic N) is 3. The lowest BCUT2D eigenvalue weighted by molar-refractivity contribution is -0.133. The third kappa shape index (κ3) is 4.72. The van der Waals surface area contributed by atoms with Gasteiger partial charge in [0.05, 0.1) is 12.6 Å². The van der Waals surface area contributed by atoms with Crippen molar-refractivity contribution in [1.29, 1.82) is 0 Å². The average Bonchev–Trinajstić information content (AvgIpc) is 3.31. The molecule has 0 spiro atoms. The second kappa shape index (κ2) is 9.05. The molecule has 0 N–H and O–H groups in total. The molecule has 6 heteroatoms. The highest BCUT2D eigenvalue weighted by molar-refractivity contribution is 5.76. The quantitative estimate of drug-likeness (QED) is 0.475. The van der Waals surface area contributed by atoms with Crippen LogP contribution in [0.3, 0.4) is 0 Å². The molecule has 6 nitrogen and oxygen atoms in total. The molecule has 2 aromatic carbocycles. The van der Waals surface area contributed by atoms with E-state index >= 15 is 0 Å². The summed E-state index contributed by atoms with van der Waals surface area (Å²) in [5.41, 5.74) is 2.20. The Hall–Kier alpha value is -3.93. The lowest BCUT2D eigenvalue weighted by Gasteiger charge is -2.23. The van der Waals surface area contributed by atoms with Gasteiger partial charge >= 0.3 is 0 Å². The fraction of sp³-hybridized carbons (Fsp3) is 0.125. The lowest BCUT2D eigenvalue weighted by Crippen LogP contribution is -2.35. The molecule has 150 valence electrons. The van der Waals surface area contributed by atoms with Gasteiger partial charge < -0.3 is 9.32 Å². The van der Waals surface area contributed by atoms with Gasteiger partial charge in [-0.25, -0.2) is 4.98 Å². The molecule has 4 rings (SSSR count). The fourth-order valence-electron chi connectivity index (χ4n) is 3.19. The third-order valence-electron chi connectivity index (χ3n) is 4.74. The highest BCUT2D eigenvalue weighted by atomic mass is 16.3. The van der Waals surface area contributed by atoms with E-state index in [9.17, 15) is 9.59 Å². The van der Waals surface area contributed by atoms with E-state index in [1.807, 2.05) is 60.7 Å². The molecule has 0 aliphatic heterocycles. The summed E-state index contributed by atoms with van der Waals surface area (Å²) in [6.45, 7) is 0.840. The molecule has 1 amide bonds. The van der Waals surface area contributed by atoms with Crippen LogP contribution in [0.5, 0.6) is 0 Å². The largest absolute Gasteiger partial charge is 0.463 e. The van der Waals surface area contributed by atoms with Crippen LogP contribution in [0.15, 0.2) is 101 Å². The molecule has 0 saturated heterocycles. The molecule has 0 radical (unpaired) electrons. The number of rotatable bonds is 7. The van der Waals surface area contributed by atoms with Crippen LogP contribution < -0.4 is 5.56 Å². The topological polar surface area (TPSA) is 68.3 Å². The summed E-state index contributed by atoms with van der Waals surface area (Å²) in [6.07, 6.45) is 2.92. The van der Waals surface area contributed by atoms with Crippen molar-refractivity contribution in [3.63, 3.8) is 0 Å². The normalized spacial score (nSPS) is 10.7. The van der Waals surface area contributed by atoms with Gasteiger partial charge in [0.1, 0.15) is 12.2 Å². The summed E-state index contributed by atoms with van der Waals surface area (Å²) in [5.74, 6) is 0.359. The Morgan fingerprint density at radius 1 is 0.900 bits per heavy atom. The summed E-state index contributed by atoms with van der Waals surface area (Å²) in [6, 6.07) is 24.5. The molecule has 0 bridgehead atoms. The van der Waals surface area contributed by atoms with Crippen LogP contribution in [-0.4, -0.2) is 20.4 Å². The van der Waals surface area contributed by atoms with Crippen LogP contribution in [0.2, 0.25) is 0 Å². The number of benzene rings is 2. The zero-order valence-electron chi connectivity index (χ0n) is 16.3. The van der Waals surface area contributed by atoms with Crippen molar-refractivity contribution in [2.75, 3.05) is 0 Å². The first-order valence-corrected chi connectivity index (χ1v) is 9.65. The molecule has 0 saturated carbocycles. The molecule has 0 fully saturated rings. The molecule has 4 aromatic rings. The van der Waals surface area contributed by atoms with Gasteiger partial charge in [-0.3, -0.25) is 14.2 Å². The SMILES string of the molecule is O=C(Cn1cnc(-c2ccco2)cc1=O)N(Cc1ccccc1)Cc1ccccc1. The predicted molar refractivity (Wildman–Crippen MR) is 113 cm³/mol. The van der Waals surface area contributed by atoms with E-state index in [4.69, 9.17) is 4.42 Å². The molecule has 2 aromatic heterocycles. The summed E-state index contributed by atoms with van der Waals surface area (Å²) >= 11 is 0. The van der Waals surface area contributed by atoms with Crippen LogP contribution in [0.1, 0.15) is 11.1 Å². The van der Waals surface area contributed by atoms with Gasteiger partial charge in [-0.05, 0) is 23.3 Å². The van der Waals surface area contributed by atoms with E-state index in [1.54, 1.807) is 17.0 Å². The first kappa shape index (κ1) is 19.4. The van der Waals surface area contributed by atoms with E-state index in [2.05, 4.69) is 4.98 Å². The molecule has 0 unspecified atom stereocenters. The van der Waals surface area contributed by atoms with Crippen molar-refractivity contribution in [2.45, 2.75) is 19.6 Å². The predicted octanol–water partition coefficient (Wildman–Crippen LogP) is 3.73. The molecule has 2 heterocycles. The molecule has 30 heavy (non-hydrogen) atoms. The number of carbonyl (C=O) groups is 1. The minimum Gasteiger partial charge on any atom is -0.463 e. The number of amides is 1. The van der Waals surface area contributed by atoms with Gasteiger partial charge in [-0.1, -0.05) is 60.7 Å². The smallest absolute Gasteiger partial charge is 0.254 e. The zero-order chi connectivity index (χ0) is 20.8. The Morgan fingerprint density at radius 2 is 1.53 bits per heavy atom. The maximum atomic E-state index is 13.1. The zero-order valence-corrected chi connectivity index (χ0v) is 16.3. The van der Waals surface area contributed by atoms with E-state index in [0.29, 0.717) is 24.5 Å². The first-order chi connectivity index (χ1) is 14.7. The highest BCUT2D eigenvalue weighted by Crippen LogP contribution is 2.15. The summed E-state index contributed by atoms with van der Waals surface area (Å²) in [7, 11) is 0. The maximum absolute atomic E-state index is 13.1. The van der Waals surface area contributed by atoms with Crippen molar-refractivity contribution >= 4 is 5.91 Å². The van der Waals surface area contributed by atoms with Gasteiger partial charge in [0, 0.05) is 19.2 Å². The van der Waals surface area contributed by atoms with Crippen LogP contribution in [-0.2, 0) is 24.4 Å². The Bertz CT molecular complexity index is 1110. The summed E-state index contributed by atoms with van der Waals surface area (Å²) in [4.78, 5) is 31.6. The van der Waals surface area contributed by atoms with E-state index in [0.717, 1.165) is 11.1 Å². The third-order valence-corrected chi connectivity index (χ3v) is 4.74. The second-order valence-electron chi connectivity index (χ2n) is 6.94. The fourth-order valence-corrected chi connectivity index (χ4v) is 3.19. The van der Waals surface area contributed by atoms with E-state index in [1.165, 1.54) is 23.2 Å². The van der Waals surface area contributed by atoms with Crippen LogP contribution in [0.25, 0.3) is 11.5 Å². The summed E-state index contributed by atoms with van der Waals surface area (Å²) < 4.78 is 6.60. The summed E-state index contributed by atoms with van der Waals surface area (Å²) in [5, 5.41) is 0. The van der Waals surface area contributed by atoms with Gasteiger partial charge in [-0.2, -0.15) is 0 Å². The monoisotopic (exact) mass is 399 g/mol. The number of furan rings is 1. The van der Waals surface area contributed by atoms with Crippen LogP contribution in [0, 0.1) is 0 Å². The minimum absolute atomic E-state index is 0.0794. The molecule has 0 aliphatic carbocycles. The van der Waals surface area contributed by atoms with E-state index in [-0.39, 0.29) is 18.0 Å². The number of hydrogen-bond donors (Lipinski definition) is 0. The number of aromatic nitrogens is 2. The number of carbonyl (C=O) groups excluding carboxylic acids is 1. The second-order valence-corrected chi connectivity index (χ2v) is 6.94. The van der Waals surface area contributed by atoms with Gasteiger partial charge in [0.15, 0.2) is 5.76 Å². The average molecular weight is 399 g/mol. The van der Waals surface area contributed by atoms with Crippen LogP contribution >= 0.6 is 0 Å². The van der Waals surface area contributed by atoms with Gasteiger partial charge in [-0.15, -0.1) is 0 Å². The minimum atomic E-state index is -0.302. The standard InChI is InChI=1S/C24H21N3O3/c28-23-14-21(22-12-7-13-30-22)25-18-27(23)17-24(29)26(15-19-8-3-1-4-9-19)16-20-10-5-2-6-11-20/h1-14,18H,15-17H2. The Morgan fingerprint density at radius 3 is 2.07 bits per heavy atom. The Kier molecular flexibility index (Phi) is 5.85. The maximum Gasteiger partial charge on any atom is 0.254 e. The van der Waals surface area contributed by atoms with Gasteiger partial charge in [0.2, 0.25) is 5.91 Å². The first-order valence-electron chi connectivity index (χ1n) is 9.65. The van der Waals surface area contributed by atoms with Gasteiger partial charge in [0.25, 0.3) is 5.56 Å². The Balaban J connectivity index is 1.54. The Labute approximate surface area is 174 Å². The van der Waals surface area contributed by atoms with Crippen molar-refractivity contribution in [3.8, 4) is 11.5 Å². The van der Waals surface area contributed by atoms with Crippen molar-refractivity contribution < 1.29 is 9.21 Å².